The molecule has 0 N–H and O–H groups in total. The second kappa shape index (κ2) is 15.0. The second-order valence-electron chi connectivity index (χ2n) is 13.5. The van der Waals surface area contributed by atoms with Gasteiger partial charge in [0.2, 0.25) is 20.0 Å². The molecule has 0 radical (unpaired) electrons. The van der Waals surface area contributed by atoms with Gasteiger partial charge < -0.3 is 14.5 Å². The first-order chi connectivity index (χ1) is 24.1. The van der Waals surface area contributed by atoms with Crippen molar-refractivity contribution in [2.24, 2.45) is 0 Å². The van der Waals surface area contributed by atoms with E-state index in [-0.39, 0.29) is 34.3 Å². The van der Waals surface area contributed by atoms with E-state index in [1.54, 1.807) is 54.2 Å². The number of nitrogens with zero attached hydrogens (tertiary/aromatic N) is 6. The molecule has 1 amide bonds. The number of hydrogen-bond acceptors (Lipinski definition) is 9. The van der Waals surface area contributed by atoms with Gasteiger partial charge in [0.05, 0.1) is 17.2 Å². The van der Waals surface area contributed by atoms with Gasteiger partial charge in [0.1, 0.15) is 17.0 Å². The highest BCUT2D eigenvalue weighted by Gasteiger charge is 2.36. The molecule has 0 saturated carbocycles. The van der Waals surface area contributed by atoms with Crippen molar-refractivity contribution < 1.29 is 30.8 Å². The summed E-state index contributed by atoms with van der Waals surface area (Å²) in [6.45, 7) is 12.5. The van der Waals surface area contributed by atoms with Crippen LogP contribution in [0.2, 0.25) is 0 Å². The number of pyridine rings is 1. The van der Waals surface area contributed by atoms with Crippen LogP contribution in [0.5, 0.6) is 0 Å². The summed E-state index contributed by atoms with van der Waals surface area (Å²) in [7, 11) is -8.82. The van der Waals surface area contributed by atoms with Crippen LogP contribution in [-0.2, 0) is 24.8 Å². The molecule has 0 aliphatic carbocycles. The van der Waals surface area contributed by atoms with Gasteiger partial charge >= 0.3 is 6.09 Å². The highest BCUT2D eigenvalue weighted by molar-refractivity contribution is 8.10. The lowest BCUT2D eigenvalue weighted by atomic mass is 10.0. The van der Waals surface area contributed by atoms with Gasteiger partial charge in [-0.1, -0.05) is 26.0 Å². The normalized spacial score (nSPS) is 15.5. The van der Waals surface area contributed by atoms with Crippen LogP contribution in [-0.4, -0.2) is 85.4 Å². The molecule has 1 fully saturated rings. The fraction of sp³-hybridized carbons (Fsp3) is 0.417. The lowest BCUT2D eigenvalue weighted by Gasteiger charge is -2.41. The molecule has 0 unspecified atom stereocenters. The third-order valence-corrected chi connectivity index (χ3v) is 12.9. The minimum atomic E-state index is -4.41. The summed E-state index contributed by atoms with van der Waals surface area (Å²) in [6, 6.07) is 15.3. The van der Waals surface area contributed by atoms with Gasteiger partial charge in [-0.15, -0.1) is 0 Å². The van der Waals surface area contributed by atoms with E-state index in [9.17, 15) is 21.6 Å². The standard InChI is InChI=1S/C36H45FN6O6S2/c1-7-22-50(45,46)43(51(47,48)23-8-2)32-11-9-10-30(33(32)37)31-25-42(39-34(31)27-16-18-38-19-17-27)29-14-12-28(13-15-29)41-21-20-40(24-26(41)3)35(44)49-36(4,5)6/h9-19,25-26H,7-8,20-24H2,1-6H3/t26-/m0/s1. The molecule has 1 atom stereocenters. The number of amides is 1. The number of sulfonamides is 2. The first kappa shape index (κ1) is 37.7. The van der Waals surface area contributed by atoms with Crippen LogP contribution in [0, 0.1) is 5.82 Å². The van der Waals surface area contributed by atoms with Crippen LogP contribution in [0.15, 0.2) is 73.2 Å². The molecule has 4 aromatic rings. The molecule has 1 aliphatic rings. The van der Waals surface area contributed by atoms with E-state index in [1.807, 2.05) is 45.0 Å². The molecule has 12 nitrogen and oxygen atoms in total. The molecule has 2 aromatic heterocycles. The van der Waals surface area contributed by atoms with Crippen molar-refractivity contribution in [2.45, 2.75) is 66.0 Å². The molecule has 5 rings (SSSR count). The Hall–Kier alpha value is -4.50. The fourth-order valence-corrected chi connectivity index (χ4v) is 10.2. The summed E-state index contributed by atoms with van der Waals surface area (Å²) in [5.74, 6) is -1.93. The predicted molar refractivity (Wildman–Crippen MR) is 197 cm³/mol. The smallest absolute Gasteiger partial charge is 0.410 e. The topological polar surface area (TPSA) is 135 Å². The minimum Gasteiger partial charge on any atom is -0.444 e. The van der Waals surface area contributed by atoms with Crippen molar-refractivity contribution >= 4 is 37.5 Å². The maximum absolute atomic E-state index is 16.7. The summed E-state index contributed by atoms with van der Waals surface area (Å²) in [5.41, 5.74) is 1.84. The largest absolute Gasteiger partial charge is 0.444 e. The lowest BCUT2D eigenvalue weighted by Crippen LogP contribution is -2.54. The zero-order chi connectivity index (χ0) is 37.1. The van der Waals surface area contributed by atoms with Crippen molar-refractivity contribution in [3.8, 4) is 28.1 Å². The Bertz CT molecular complexity index is 2030. The monoisotopic (exact) mass is 740 g/mol. The number of aromatic nitrogens is 3. The molecular weight excluding hydrogens is 696 g/mol. The molecule has 51 heavy (non-hydrogen) atoms. The van der Waals surface area contributed by atoms with Gasteiger partial charge in [-0.3, -0.25) is 4.98 Å². The van der Waals surface area contributed by atoms with E-state index < -0.39 is 48.7 Å². The van der Waals surface area contributed by atoms with Gasteiger partial charge in [0.25, 0.3) is 0 Å². The van der Waals surface area contributed by atoms with Crippen molar-refractivity contribution in [2.75, 3.05) is 39.8 Å². The fourth-order valence-electron chi connectivity index (χ4n) is 6.08. The zero-order valence-electron chi connectivity index (χ0n) is 29.8. The SMILES string of the molecule is CCCS(=O)(=O)N(c1cccc(-c2cn(-c3ccc(N4CCN(C(=O)OC(C)(C)C)C[C@@H]4C)cc3)nc2-c2ccncc2)c1F)S(=O)(=O)CCC. The average Bonchev–Trinajstić information content (AvgIpc) is 3.50. The van der Waals surface area contributed by atoms with Gasteiger partial charge in [-0.2, -0.15) is 8.81 Å². The molecule has 0 bridgehead atoms. The first-order valence-electron chi connectivity index (χ1n) is 17.0. The predicted octanol–water partition coefficient (Wildman–Crippen LogP) is 6.47. The Balaban J connectivity index is 1.51. The highest BCUT2D eigenvalue weighted by Crippen LogP contribution is 2.38. The number of benzene rings is 2. The minimum absolute atomic E-state index is 0.0118. The maximum atomic E-state index is 16.7. The Morgan fingerprint density at radius 1 is 0.902 bits per heavy atom. The first-order valence-corrected chi connectivity index (χ1v) is 20.2. The van der Waals surface area contributed by atoms with E-state index in [0.29, 0.717) is 42.1 Å². The second-order valence-corrected chi connectivity index (χ2v) is 17.6. The van der Waals surface area contributed by atoms with Crippen molar-refractivity contribution in [3.05, 3.63) is 79.0 Å². The summed E-state index contributed by atoms with van der Waals surface area (Å²) in [6.07, 6.45) is 4.78. The van der Waals surface area contributed by atoms with Crippen LogP contribution < -0.4 is 8.61 Å². The molecule has 1 saturated heterocycles. The number of halogens is 1. The molecule has 2 aromatic carbocycles. The Morgan fingerprint density at radius 2 is 1.51 bits per heavy atom. The highest BCUT2D eigenvalue weighted by atomic mass is 32.3. The lowest BCUT2D eigenvalue weighted by molar-refractivity contribution is 0.0218. The number of piperazine rings is 1. The van der Waals surface area contributed by atoms with E-state index in [1.165, 1.54) is 18.2 Å². The Kier molecular flexibility index (Phi) is 11.1. The number of ether oxygens (including phenoxy) is 1. The Labute approximate surface area is 300 Å². The quantitative estimate of drug-likeness (QED) is 0.170. The molecule has 274 valence electrons. The van der Waals surface area contributed by atoms with Gasteiger partial charge in [-0.05, 0) is 83.0 Å². The summed E-state index contributed by atoms with van der Waals surface area (Å²) >= 11 is 0. The van der Waals surface area contributed by atoms with Crippen molar-refractivity contribution in [1.29, 1.82) is 0 Å². The molecule has 1 aliphatic heterocycles. The number of carbonyl (C=O) groups excluding carboxylic acids is 1. The van der Waals surface area contributed by atoms with E-state index in [0.717, 1.165) is 5.69 Å². The van der Waals surface area contributed by atoms with Gasteiger partial charge in [0, 0.05) is 66.6 Å². The molecule has 3 heterocycles. The van der Waals surface area contributed by atoms with Gasteiger partial charge in [-0.25, -0.2) is 30.7 Å². The van der Waals surface area contributed by atoms with Crippen LogP contribution in [0.3, 0.4) is 0 Å². The van der Waals surface area contributed by atoms with E-state index in [2.05, 4.69) is 16.8 Å². The van der Waals surface area contributed by atoms with Crippen LogP contribution in [0.4, 0.5) is 20.6 Å². The van der Waals surface area contributed by atoms with Crippen LogP contribution in [0.1, 0.15) is 54.4 Å². The van der Waals surface area contributed by atoms with Crippen molar-refractivity contribution in [1.82, 2.24) is 19.7 Å². The molecule has 0 spiro atoms. The van der Waals surface area contributed by atoms with E-state index >= 15 is 4.39 Å². The third kappa shape index (κ3) is 8.36. The van der Waals surface area contributed by atoms with Crippen molar-refractivity contribution in [3.63, 3.8) is 0 Å². The van der Waals surface area contributed by atoms with Crippen LogP contribution >= 0.6 is 0 Å². The van der Waals surface area contributed by atoms with E-state index in [4.69, 9.17) is 9.84 Å². The third-order valence-electron chi connectivity index (χ3n) is 8.29. The summed E-state index contributed by atoms with van der Waals surface area (Å²) in [4.78, 5) is 20.7. The average molecular weight is 741 g/mol. The number of rotatable bonds is 11. The number of carbonyl (C=O) groups is 1. The Morgan fingerprint density at radius 3 is 2.08 bits per heavy atom. The molecule has 15 heteroatoms. The molecular formula is C36H45FN6O6S2. The number of anilines is 2. The zero-order valence-corrected chi connectivity index (χ0v) is 31.4. The summed E-state index contributed by atoms with van der Waals surface area (Å²) in [5, 5.41) is 4.82. The summed E-state index contributed by atoms with van der Waals surface area (Å²) < 4.78 is 77.3. The van der Waals surface area contributed by atoms with Crippen LogP contribution in [0.25, 0.3) is 28.1 Å². The van der Waals surface area contributed by atoms with Gasteiger partial charge in [0.15, 0.2) is 5.82 Å². The maximum Gasteiger partial charge on any atom is 0.410 e. The number of hydrogen-bond donors (Lipinski definition) is 0.